The van der Waals surface area contributed by atoms with Gasteiger partial charge in [0.05, 0.1) is 10.6 Å². The molecule has 1 heterocycles. The average molecular weight is 476 g/mol. The summed E-state index contributed by atoms with van der Waals surface area (Å²) in [5.74, 6) is -0.237. The standard InChI is InChI=1S/C23H29N3O4S2/c1-4-16-5-11-19(12-6-16)32(29,30)20-13-24-23(26-22(20)28)31-14-21(27)25-18-9-7-17(8-10-18)15(2)3/h5-12,15,20,23-24H,4,13-14H2,1-3H3,(H,25,27)(H,26,28). The molecule has 1 aliphatic heterocycles. The van der Waals surface area contributed by atoms with Crippen LogP contribution in [0.2, 0.25) is 0 Å². The van der Waals surface area contributed by atoms with Gasteiger partial charge < -0.3 is 10.6 Å². The normalized spacial score (nSPS) is 18.9. The van der Waals surface area contributed by atoms with Gasteiger partial charge in [0.2, 0.25) is 11.8 Å². The quantitative estimate of drug-likeness (QED) is 0.542. The number of anilines is 1. The van der Waals surface area contributed by atoms with Gasteiger partial charge in [0.1, 0.15) is 5.50 Å². The third kappa shape index (κ3) is 5.90. The van der Waals surface area contributed by atoms with Crippen LogP contribution in [-0.2, 0) is 25.8 Å². The lowest BCUT2D eigenvalue weighted by Gasteiger charge is -2.29. The topological polar surface area (TPSA) is 104 Å². The van der Waals surface area contributed by atoms with Crippen LogP contribution >= 0.6 is 11.8 Å². The summed E-state index contributed by atoms with van der Waals surface area (Å²) in [5, 5.41) is 7.29. The highest BCUT2D eigenvalue weighted by Crippen LogP contribution is 2.21. The van der Waals surface area contributed by atoms with Crippen molar-refractivity contribution in [1.82, 2.24) is 10.6 Å². The lowest BCUT2D eigenvalue weighted by Crippen LogP contribution is -2.59. The van der Waals surface area contributed by atoms with E-state index in [1.165, 1.54) is 17.3 Å². The van der Waals surface area contributed by atoms with Crippen LogP contribution < -0.4 is 16.0 Å². The van der Waals surface area contributed by atoms with Crippen LogP contribution in [0.25, 0.3) is 0 Å². The van der Waals surface area contributed by atoms with E-state index in [-0.39, 0.29) is 23.1 Å². The first kappa shape index (κ1) is 24.3. The number of carbonyl (C=O) groups is 2. The molecule has 2 amide bonds. The second-order valence-electron chi connectivity index (χ2n) is 7.96. The van der Waals surface area contributed by atoms with Gasteiger partial charge in [-0.2, -0.15) is 0 Å². The molecule has 172 valence electrons. The number of benzene rings is 2. The predicted octanol–water partition coefficient (Wildman–Crippen LogP) is 2.89. The number of nitrogens with one attached hydrogen (secondary N) is 3. The molecule has 1 aliphatic rings. The molecular weight excluding hydrogens is 446 g/mol. The Labute approximate surface area is 193 Å². The van der Waals surface area contributed by atoms with E-state index in [2.05, 4.69) is 29.8 Å². The van der Waals surface area contributed by atoms with Gasteiger partial charge in [0.25, 0.3) is 0 Å². The summed E-state index contributed by atoms with van der Waals surface area (Å²) in [6, 6.07) is 14.3. The van der Waals surface area contributed by atoms with Crippen LogP contribution in [0.3, 0.4) is 0 Å². The molecule has 1 fully saturated rings. The smallest absolute Gasteiger partial charge is 0.241 e. The van der Waals surface area contributed by atoms with E-state index in [1.807, 2.05) is 31.2 Å². The maximum Gasteiger partial charge on any atom is 0.241 e. The van der Waals surface area contributed by atoms with Gasteiger partial charge in [-0.25, -0.2) is 8.42 Å². The Balaban J connectivity index is 1.51. The molecule has 0 bridgehead atoms. The summed E-state index contributed by atoms with van der Waals surface area (Å²) < 4.78 is 25.7. The van der Waals surface area contributed by atoms with E-state index in [4.69, 9.17) is 0 Å². The van der Waals surface area contributed by atoms with E-state index >= 15 is 0 Å². The number of sulfone groups is 1. The number of rotatable bonds is 8. The van der Waals surface area contributed by atoms with Crippen molar-refractivity contribution in [3.63, 3.8) is 0 Å². The minimum Gasteiger partial charge on any atom is -0.331 e. The van der Waals surface area contributed by atoms with E-state index in [0.717, 1.165) is 12.0 Å². The third-order valence-corrected chi connectivity index (χ3v) is 8.44. The van der Waals surface area contributed by atoms with Crippen molar-refractivity contribution >= 4 is 39.1 Å². The zero-order chi connectivity index (χ0) is 23.3. The first-order chi connectivity index (χ1) is 15.2. The van der Waals surface area contributed by atoms with Crippen molar-refractivity contribution in [3.05, 3.63) is 59.7 Å². The van der Waals surface area contributed by atoms with Crippen molar-refractivity contribution < 1.29 is 18.0 Å². The molecule has 2 atom stereocenters. The largest absolute Gasteiger partial charge is 0.331 e. The number of aryl methyl sites for hydroxylation is 1. The van der Waals surface area contributed by atoms with Gasteiger partial charge >= 0.3 is 0 Å². The third-order valence-electron chi connectivity index (χ3n) is 5.33. The van der Waals surface area contributed by atoms with Crippen molar-refractivity contribution in [2.45, 2.75) is 48.8 Å². The summed E-state index contributed by atoms with van der Waals surface area (Å²) in [6.45, 7) is 6.18. The Hall–Kier alpha value is -2.36. The summed E-state index contributed by atoms with van der Waals surface area (Å²) in [4.78, 5) is 24.9. The SMILES string of the molecule is CCc1ccc(S(=O)(=O)C2CNC(SCC(=O)Nc3ccc(C(C)C)cc3)NC2=O)cc1. The van der Waals surface area contributed by atoms with Gasteiger partial charge in [-0.3, -0.25) is 14.9 Å². The van der Waals surface area contributed by atoms with Gasteiger partial charge in [-0.1, -0.05) is 45.0 Å². The molecule has 0 aliphatic carbocycles. The van der Waals surface area contributed by atoms with Gasteiger partial charge in [-0.15, -0.1) is 11.8 Å². The maximum atomic E-state index is 12.9. The van der Waals surface area contributed by atoms with Crippen molar-refractivity contribution in [1.29, 1.82) is 0 Å². The highest BCUT2D eigenvalue weighted by molar-refractivity contribution is 8.00. The summed E-state index contributed by atoms with van der Waals surface area (Å²) in [7, 11) is -3.80. The van der Waals surface area contributed by atoms with Crippen molar-refractivity contribution in [3.8, 4) is 0 Å². The highest BCUT2D eigenvalue weighted by Gasteiger charge is 2.38. The molecule has 0 spiro atoms. The Kier molecular flexibility index (Phi) is 7.97. The molecule has 32 heavy (non-hydrogen) atoms. The summed E-state index contributed by atoms with van der Waals surface area (Å²) in [6.07, 6.45) is 0.807. The van der Waals surface area contributed by atoms with Crippen LogP contribution in [-0.4, -0.2) is 43.3 Å². The van der Waals surface area contributed by atoms with E-state index < -0.39 is 26.5 Å². The molecule has 0 saturated carbocycles. The van der Waals surface area contributed by atoms with Crippen LogP contribution in [0.15, 0.2) is 53.4 Å². The molecular formula is C23H29N3O4S2. The Bertz CT molecular complexity index is 1050. The number of hydrogen-bond acceptors (Lipinski definition) is 6. The Morgan fingerprint density at radius 2 is 1.78 bits per heavy atom. The highest BCUT2D eigenvalue weighted by atomic mass is 32.2. The molecule has 7 nitrogen and oxygen atoms in total. The first-order valence-corrected chi connectivity index (χ1v) is 13.2. The van der Waals surface area contributed by atoms with Crippen molar-refractivity contribution in [2.24, 2.45) is 0 Å². The first-order valence-electron chi connectivity index (χ1n) is 10.6. The molecule has 0 radical (unpaired) electrons. The van der Waals surface area contributed by atoms with Gasteiger partial charge in [0, 0.05) is 12.2 Å². The summed E-state index contributed by atoms with van der Waals surface area (Å²) in [5.41, 5.74) is 2.39. The molecule has 1 saturated heterocycles. The molecule has 2 aromatic carbocycles. The van der Waals surface area contributed by atoms with Crippen LogP contribution in [0, 0.1) is 0 Å². The minimum absolute atomic E-state index is 0.0142. The Morgan fingerprint density at radius 3 is 2.34 bits per heavy atom. The predicted molar refractivity (Wildman–Crippen MR) is 128 cm³/mol. The molecule has 3 N–H and O–H groups in total. The fourth-order valence-electron chi connectivity index (χ4n) is 3.32. The van der Waals surface area contributed by atoms with Crippen LogP contribution in [0.4, 0.5) is 5.69 Å². The number of thioether (sulfide) groups is 1. The van der Waals surface area contributed by atoms with Gasteiger partial charge in [0.15, 0.2) is 15.1 Å². The molecule has 2 unspecified atom stereocenters. The average Bonchev–Trinajstić information content (AvgIpc) is 2.78. The van der Waals surface area contributed by atoms with Gasteiger partial charge in [-0.05, 0) is 47.7 Å². The van der Waals surface area contributed by atoms with E-state index in [9.17, 15) is 18.0 Å². The number of carbonyl (C=O) groups excluding carboxylic acids is 2. The van der Waals surface area contributed by atoms with E-state index in [1.54, 1.807) is 24.3 Å². The maximum absolute atomic E-state index is 12.9. The van der Waals surface area contributed by atoms with Crippen LogP contribution in [0.5, 0.6) is 0 Å². The zero-order valence-corrected chi connectivity index (χ0v) is 20.1. The molecule has 9 heteroatoms. The minimum atomic E-state index is -3.80. The van der Waals surface area contributed by atoms with E-state index in [0.29, 0.717) is 11.6 Å². The van der Waals surface area contributed by atoms with Crippen LogP contribution in [0.1, 0.15) is 37.8 Å². The second kappa shape index (κ2) is 10.5. The fraction of sp³-hybridized carbons (Fsp3) is 0.391. The number of hydrogen-bond donors (Lipinski definition) is 3. The Morgan fingerprint density at radius 1 is 1.12 bits per heavy atom. The second-order valence-corrected chi connectivity index (χ2v) is 11.2. The molecule has 0 aromatic heterocycles. The number of amides is 2. The van der Waals surface area contributed by atoms with Crippen molar-refractivity contribution in [2.75, 3.05) is 17.6 Å². The zero-order valence-electron chi connectivity index (χ0n) is 18.4. The monoisotopic (exact) mass is 475 g/mol. The molecule has 3 rings (SSSR count). The lowest BCUT2D eigenvalue weighted by molar-refractivity contribution is -0.122. The molecule has 2 aromatic rings. The lowest BCUT2D eigenvalue weighted by atomic mass is 10.0. The summed E-state index contributed by atoms with van der Waals surface area (Å²) >= 11 is 1.20. The fourth-order valence-corrected chi connectivity index (χ4v) is 5.63.